The molecule has 2 aromatic rings. The summed E-state index contributed by atoms with van der Waals surface area (Å²) < 4.78 is 11.6. The van der Waals surface area contributed by atoms with E-state index in [9.17, 15) is 4.79 Å². The van der Waals surface area contributed by atoms with E-state index >= 15 is 0 Å². The Balaban J connectivity index is 1.23. The third kappa shape index (κ3) is 3.54. The molecule has 2 fully saturated rings. The maximum absolute atomic E-state index is 13.0. The molecule has 2 atom stereocenters. The average Bonchev–Trinajstić information content (AvgIpc) is 3.46. The van der Waals surface area contributed by atoms with Crippen LogP contribution in [0.25, 0.3) is 0 Å². The maximum Gasteiger partial charge on any atom is 0.224 e. The fourth-order valence-corrected chi connectivity index (χ4v) is 5.11. The number of fused-ring (bicyclic) bond motifs is 2. The Morgan fingerprint density at radius 2 is 2.00 bits per heavy atom. The molecule has 1 saturated heterocycles. The van der Waals surface area contributed by atoms with Crippen molar-refractivity contribution < 1.29 is 14.3 Å². The Morgan fingerprint density at radius 1 is 1.20 bits per heavy atom. The van der Waals surface area contributed by atoms with Gasteiger partial charge in [-0.25, -0.2) is 4.98 Å². The van der Waals surface area contributed by atoms with E-state index in [-0.39, 0.29) is 22.8 Å². The van der Waals surface area contributed by atoms with E-state index in [0.29, 0.717) is 6.54 Å². The fourth-order valence-electron chi connectivity index (χ4n) is 5.11. The van der Waals surface area contributed by atoms with Gasteiger partial charge in [-0.15, -0.1) is 0 Å². The Bertz CT molecular complexity index is 937. The van der Waals surface area contributed by atoms with Crippen LogP contribution < -0.4 is 15.0 Å². The van der Waals surface area contributed by atoms with Gasteiger partial charge in [0.2, 0.25) is 5.91 Å². The lowest BCUT2D eigenvalue weighted by molar-refractivity contribution is -0.123. The van der Waals surface area contributed by atoms with Gasteiger partial charge < -0.3 is 19.7 Å². The van der Waals surface area contributed by atoms with Crippen molar-refractivity contribution in [2.45, 2.75) is 44.2 Å². The molecule has 30 heavy (non-hydrogen) atoms. The van der Waals surface area contributed by atoms with Gasteiger partial charge in [0, 0.05) is 42.7 Å². The van der Waals surface area contributed by atoms with Crippen molar-refractivity contribution in [2.24, 2.45) is 5.92 Å². The summed E-state index contributed by atoms with van der Waals surface area (Å²) in [6.07, 6.45) is 3.61. The van der Waals surface area contributed by atoms with Crippen molar-refractivity contribution in [3.63, 3.8) is 0 Å². The van der Waals surface area contributed by atoms with Crippen LogP contribution in [0.4, 0.5) is 5.82 Å². The topological polar surface area (TPSA) is 63.7 Å². The van der Waals surface area contributed by atoms with Gasteiger partial charge in [0.25, 0.3) is 0 Å². The number of hydrogen-bond acceptors (Lipinski definition) is 5. The first-order chi connectivity index (χ1) is 14.5. The van der Waals surface area contributed by atoms with Crippen LogP contribution in [0.5, 0.6) is 5.75 Å². The first-order valence-corrected chi connectivity index (χ1v) is 10.8. The lowest BCUT2D eigenvalue weighted by Gasteiger charge is -2.38. The molecule has 3 heterocycles. The fraction of sp³-hybridized carbons (Fsp3) is 0.500. The van der Waals surface area contributed by atoms with E-state index in [1.54, 1.807) is 0 Å². The molecule has 0 bridgehead atoms. The van der Waals surface area contributed by atoms with Crippen LogP contribution in [0, 0.1) is 5.92 Å². The number of benzene rings is 1. The highest BCUT2D eigenvalue weighted by Gasteiger charge is 2.63. The number of ether oxygens (including phenoxy) is 2. The van der Waals surface area contributed by atoms with E-state index in [0.717, 1.165) is 56.3 Å². The summed E-state index contributed by atoms with van der Waals surface area (Å²) in [6, 6.07) is 12.3. The number of aromatic nitrogens is 1. The van der Waals surface area contributed by atoms with Crippen LogP contribution in [0.1, 0.15) is 37.8 Å². The van der Waals surface area contributed by atoms with Crippen molar-refractivity contribution in [3.05, 3.63) is 53.7 Å². The second kappa shape index (κ2) is 7.27. The summed E-state index contributed by atoms with van der Waals surface area (Å²) in [7, 11) is 0. The number of hydrogen-bond donors (Lipinski definition) is 1. The summed E-state index contributed by atoms with van der Waals surface area (Å²) in [4.78, 5) is 19.8. The molecule has 1 aliphatic carbocycles. The SMILES string of the molecule is CC1(C)C[C@@]2(C[C@@H]2C(=O)NCc2ccc(N3CCOCC3)nc2)c2ccccc2O1. The molecule has 0 unspecified atom stereocenters. The summed E-state index contributed by atoms with van der Waals surface area (Å²) in [5.74, 6) is 2.02. The van der Waals surface area contributed by atoms with E-state index < -0.39 is 0 Å². The summed E-state index contributed by atoms with van der Waals surface area (Å²) >= 11 is 0. The van der Waals surface area contributed by atoms with Crippen molar-refractivity contribution in [1.29, 1.82) is 0 Å². The number of pyridine rings is 1. The van der Waals surface area contributed by atoms with Crippen molar-refractivity contribution in [1.82, 2.24) is 10.3 Å². The molecular weight excluding hydrogens is 378 g/mol. The first-order valence-electron chi connectivity index (χ1n) is 10.8. The van der Waals surface area contributed by atoms with Crippen LogP contribution in [0.3, 0.4) is 0 Å². The predicted octanol–water partition coefficient (Wildman–Crippen LogP) is 3.05. The van der Waals surface area contributed by atoms with E-state index in [2.05, 4.69) is 35.1 Å². The van der Waals surface area contributed by atoms with Gasteiger partial charge in [-0.3, -0.25) is 4.79 Å². The molecule has 5 rings (SSSR count). The molecule has 1 amide bonds. The highest BCUT2D eigenvalue weighted by molar-refractivity contribution is 5.85. The molecule has 1 aromatic carbocycles. The zero-order valence-electron chi connectivity index (χ0n) is 17.7. The number of para-hydroxylation sites is 1. The van der Waals surface area contributed by atoms with Gasteiger partial charge in [-0.2, -0.15) is 0 Å². The minimum Gasteiger partial charge on any atom is -0.488 e. The molecule has 3 aliphatic rings. The minimum atomic E-state index is -0.261. The van der Waals surface area contributed by atoms with Crippen LogP contribution in [0.2, 0.25) is 0 Å². The van der Waals surface area contributed by atoms with Crippen LogP contribution in [0.15, 0.2) is 42.6 Å². The first kappa shape index (κ1) is 19.4. The molecule has 6 nitrogen and oxygen atoms in total. The van der Waals surface area contributed by atoms with Crippen molar-refractivity contribution in [3.8, 4) is 5.75 Å². The summed E-state index contributed by atoms with van der Waals surface area (Å²) in [5, 5.41) is 3.14. The largest absolute Gasteiger partial charge is 0.488 e. The van der Waals surface area contributed by atoms with Gasteiger partial charge in [-0.05, 0) is 44.4 Å². The van der Waals surface area contributed by atoms with E-state index in [4.69, 9.17) is 9.47 Å². The number of morpholine rings is 1. The van der Waals surface area contributed by atoms with Gasteiger partial charge in [0.15, 0.2) is 0 Å². The number of anilines is 1. The quantitative estimate of drug-likeness (QED) is 0.844. The number of nitrogens with one attached hydrogen (secondary N) is 1. The third-order valence-corrected chi connectivity index (χ3v) is 6.55. The minimum absolute atomic E-state index is 0.00223. The zero-order chi connectivity index (χ0) is 20.8. The van der Waals surface area contributed by atoms with E-state index in [1.165, 1.54) is 5.56 Å². The Kier molecular flexibility index (Phi) is 4.69. The van der Waals surface area contributed by atoms with Crippen LogP contribution >= 0.6 is 0 Å². The van der Waals surface area contributed by atoms with Crippen molar-refractivity contribution >= 4 is 11.7 Å². The highest BCUT2D eigenvalue weighted by atomic mass is 16.5. The second-order valence-corrected chi connectivity index (χ2v) is 9.29. The van der Waals surface area contributed by atoms with E-state index in [1.807, 2.05) is 36.5 Å². The predicted molar refractivity (Wildman–Crippen MR) is 115 cm³/mol. The van der Waals surface area contributed by atoms with Gasteiger partial charge >= 0.3 is 0 Å². The number of amides is 1. The molecule has 1 aromatic heterocycles. The Hall–Kier alpha value is -2.60. The maximum atomic E-state index is 13.0. The molecule has 6 heteroatoms. The van der Waals surface area contributed by atoms with Crippen molar-refractivity contribution in [2.75, 3.05) is 31.2 Å². The van der Waals surface area contributed by atoms with Crippen LogP contribution in [-0.4, -0.2) is 42.8 Å². The van der Waals surface area contributed by atoms with Gasteiger partial charge in [0.05, 0.1) is 13.2 Å². The highest BCUT2D eigenvalue weighted by Crippen LogP contribution is 2.63. The Morgan fingerprint density at radius 3 is 2.77 bits per heavy atom. The monoisotopic (exact) mass is 407 g/mol. The molecule has 2 aliphatic heterocycles. The average molecular weight is 408 g/mol. The normalized spacial score (nSPS) is 26.6. The summed E-state index contributed by atoms with van der Waals surface area (Å²) in [5.41, 5.74) is 1.84. The number of rotatable bonds is 4. The van der Waals surface area contributed by atoms with Gasteiger partial charge in [-0.1, -0.05) is 24.3 Å². The standard InChI is InChI=1S/C24H29N3O3/c1-23(2)16-24(18-5-3-4-6-20(18)30-23)13-19(24)22(28)26-15-17-7-8-21(25-14-17)27-9-11-29-12-10-27/h3-8,14,19H,9-13,15-16H2,1-2H3,(H,26,28)/t19-,24+/m1/s1. The number of carbonyl (C=O) groups excluding carboxylic acids is 1. The number of nitrogens with zero attached hydrogens (tertiary/aromatic N) is 2. The molecule has 1 N–H and O–H groups in total. The zero-order valence-corrected chi connectivity index (χ0v) is 17.7. The molecule has 1 saturated carbocycles. The lowest BCUT2D eigenvalue weighted by atomic mass is 9.80. The van der Waals surface area contributed by atoms with Gasteiger partial charge in [0.1, 0.15) is 17.2 Å². The molecule has 0 radical (unpaired) electrons. The second-order valence-electron chi connectivity index (χ2n) is 9.29. The molecule has 1 spiro atoms. The number of carbonyl (C=O) groups is 1. The molecular formula is C24H29N3O3. The third-order valence-electron chi connectivity index (χ3n) is 6.55. The van der Waals surface area contributed by atoms with Crippen LogP contribution in [-0.2, 0) is 21.5 Å². The Labute approximate surface area is 177 Å². The lowest BCUT2D eigenvalue weighted by Crippen LogP contribution is -2.40. The summed E-state index contributed by atoms with van der Waals surface area (Å²) in [6.45, 7) is 7.95. The molecule has 158 valence electrons. The smallest absolute Gasteiger partial charge is 0.224 e.